The van der Waals surface area contributed by atoms with Crippen LogP contribution in [0.25, 0.3) is 0 Å². The maximum absolute atomic E-state index is 5.59. The number of nitrogens with zero attached hydrogens (tertiary/aromatic N) is 2. The topological polar surface area (TPSA) is 27.1 Å². The number of hydrogen-bond acceptors (Lipinski definition) is 5. The van der Waals surface area contributed by atoms with Crippen molar-refractivity contribution in [1.29, 1.82) is 0 Å². The van der Waals surface area contributed by atoms with Crippen LogP contribution in [0.1, 0.15) is 0 Å². The van der Waals surface area contributed by atoms with Gasteiger partial charge in [0.25, 0.3) is 0 Å². The van der Waals surface area contributed by atoms with Crippen molar-refractivity contribution in [1.82, 2.24) is 9.78 Å². The summed E-state index contributed by atoms with van der Waals surface area (Å²) in [6.07, 6.45) is 0. The molecule has 0 amide bonds. The first-order chi connectivity index (χ1) is 8.25. The van der Waals surface area contributed by atoms with Gasteiger partial charge in [-0.3, -0.25) is 0 Å². The Kier molecular flexibility index (Phi) is 4.58. The summed E-state index contributed by atoms with van der Waals surface area (Å²) < 4.78 is 9.11. The largest absolute Gasteiger partial charge is 0.493 e. The smallest absolute Gasteiger partial charge is 0.179 e. The molecule has 1 aromatic heterocycles. The van der Waals surface area contributed by atoms with E-state index in [1.54, 1.807) is 16.4 Å². The molecule has 0 atom stereocenters. The summed E-state index contributed by atoms with van der Waals surface area (Å²) in [5.41, 5.74) is 0. The predicted molar refractivity (Wildman–Crippen MR) is 74.6 cm³/mol. The molecule has 3 nitrogen and oxygen atoms in total. The Morgan fingerprint density at radius 1 is 1.41 bits per heavy atom. The maximum atomic E-state index is 5.59. The van der Waals surface area contributed by atoms with Crippen LogP contribution < -0.4 is 4.74 Å². The highest BCUT2D eigenvalue weighted by Gasteiger charge is 2.01. The molecule has 17 heavy (non-hydrogen) atoms. The second kappa shape index (κ2) is 6.18. The number of para-hydroxylation sites is 1. The molecule has 0 N–H and O–H groups in total. The molecule has 1 aromatic carbocycles. The lowest BCUT2D eigenvalue weighted by Gasteiger charge is -2.03. The second-order valence-electron chi connectivity index (χ2n) is 3.27. The summed E-state index contributed by atoms with van der Waals surface area (Å²) >= 11 is 8.31. The normalized spacial score (nSPS) is 10.4. The number of hydrogen-bond donors (Lipinski definition) is 0. The number of ether oxygens (including phenoxy) is 1. The fraction of sp³-hybridized carbons (Fsp3) is 0.273. The first-order valence-electron chi connectivity index (χ1n) is 5.10. The minimum atomic E-state index is 0.671. The summed E-state index contributed by atoms with van der Waals surface area (Å²) in [5.74, 6) is 1.78. The van der Waals surface area contributed by atoms with Crippen LogP contribution >= 0.6 is 35.3 Å². The van der Waals surface area contributed by atoms with Crippen molar-refractivity contribution in [3.8, 4) is 5.75 Å². The second-order valence-corrected chi connectivity index (χ2v) is 6.23. The minimum Gasteiger partial charge on any atom is -0.493 e. The van der Waals surface area contributed by atoms with Crippen molar-refractivity contribution in [3.63, 3.8) is 0 Å². The van der Waals surface area contributed by atoms with Crippen molar-refractivity contribution in [2.75, 3.05) is 12.4 Å². The third kappa shape index (κ3) is 3.83. The number of aryl methyl sites for hydroxylation is 1. The third-order valence-electron chi connectivity index (χ3n) is 1.99. The van der Waals surface area contributed by atoms with E-state index in [9.17, 15) is 0 Å². The fourth-order valence-electron chi connectivity index (χ4n) is 1.19. The quantitative estimate of drug-likeness (QED) is 0.478. The zero-order valence-electron chi connectivity index (χ0n) is 9.33. The molecule has 0 radical (unpaired) electrons. The van der Waals surface area contributed by atoms with Gasteiger partial charge in [0.15, 0.2) is 8.29 Å². The summed E-state index contributed by atoms with van der Waals surface area (Å²) in [4.78, 5) is 0. The average molecular weight is 284 g/mol. The van der Waals surface area contributed by atoms with Crippen LogP contribution in [0.3, 0.4) is 0 Å². The molecule has 6 heteroatoms. The zero-order valence-corrected chi connectivity index (χ0v) is 11.8. The summed E-state index contributed by atoms with van der Waals surface area (Å²) in [6, 6.07) is 9.81. The molecule has 0 fully saturated rings. The van der Waals surface area contributed by atoms with E-state index >= 15 is 0 Å². The highest BCUT2D eigenvalue weighted by molar-refractivity contribution is 8.01. The fourth-order valence-corrected chi connectivity index (χ4v) is 3.35. The Balaban J connectivity index is 1.75. The molecular weight excluding hydrogens is 272 g/mol. The lowest BCUT2D eigenvalue weighted by molar-refractivity contribution is 0.344. The molecular formula is C11H12N2OS3. The van der Waals surface area contributed by atoms with Gasteiger partial charge in [0.1, 0.15) is 5.75 Å². The SMILES string of the molecule is Cn1nc(SCCOc2ccccc2)sc1=S. The maximum Gasteiger partial charge on any atom is 0.179 e. The Morgan fingerprint density at radius 3 is 2.82 bits per heavy atom. The monoisotopic (exact) mass is 284 g/mol. The van der Waals surface area contributed by atoms with E-state index < -0.39 is 0 Å². The van der Waals surface area contributed by atoms with E-state index in [4.69, 9.17) is 17.0 Å². The number of rotatable bonds is 5. The van der Waals surface area contributed by atoms with Gasteiger partial charge in [0.2, 0.25) is 0 Å². The van der Waals surface area contributed by atoms with Crippen LogP contribution in [-0.2, 0) is 7.05 Å². The molecule has 1 heterocycles. The lowest BCUT2D eigenvalue weighted by atomic mass is 10.3. The molecule has 2 aromatic rings. The van der Waals surface area contributed by atoms with Crippen molar-refractivity contribution in [3.05, 3.63) is 34.3 Å². The Morgan fingerprint density at radius 2 is 2.18 bits per heavy atom. The minimum absolute atomic E-state index is 0.671. The zero-order chi connectivity index (χ0) is 12.1. The molecule has 2 rings (SSSR count). The first kappa shape index (κ1) is 12.6. The molecule has 0 saturated carbocycles. The number of benzene rings is 1. The van der Waals surface area contributed by atoms with Crippen molar-refractivity contribution in [2.24, 2.45) is 7.05 Å². The van der Waals surface area contributed by atoms with Gasteiger partial charge in [-0.1, -0.05) is 41.3 Å². The number of thioether (sulfide) groups is 1. The van der Waals surface area contributed by atoms with E-state index in [0.29, 0.717) is 6.61 Å². The molecule has 0 saturated heterocycles. The molecule has 0 aliphatic rings. The van der Waals surface area contributed by atoms with E-state index in [1.807, 2.05) is 37.4 Å². The Labute approximate surface area is 113 Å². The molecule has 0 spiro atoms. The van der Waals surface area contributed by atoms with Crippen molar-refractivity contribution >= 4 is 35.3 Å². The van der Waals surface area contributed by atoms with Crippen LogP contribution in [0.2, 0.25) is 0 Å². The van der Waals surface area contributed by atoms with Crippen LogP contribution in [0.4, 0.5) is 0 Å². The van der Waals surface area contributed by atoms with Crippen LogP contribution in [0, 0.1) is 3.95 Å². The molecule has 0 aliphatic carbocycles. The van der Waals surface area contributed by atoms with Gasteiger partial charge in [0.05, 0.1) is 6.61 Å². The van der Waals surface area contributed by atoms with E-state index in [0.717, 1.165) is 19.8 Å². The highest BCUT2D eigenvalue weighted by Crippen LogP contribution is 2.21. The first-order valence-corrected chi connectivity index (χ1v) is 7.31. The molecule has 0 unspecified atom stereocenters. The molecule has 90 valence electrons. The molecule has 0 bridgehead atoms. The highest BCUT2D eigenvalue weighted by atomic mass is 32.2. The Hall–Kier alpha value is -0.850. The predicted octanol–water partition coefficient (Wildman–Crippen LogP) is 3.38. The van der Waals surface area contributed by atoms with Gasteiger partial charge in [-0.15, -0.1) is 0 Å². The summed E-state index contributed by atoms with van der Waals surface area (Å²) in [7, 11) is 1.86. The summed E-state index contributed by atoms with van der Waals surface area (Å²) in [5, 5.41) is 4.29. The van der Waals surface area contributed by atoms with Gasteiger partial charge < -0.3 is 4.74 Å². The summed E-state index contributed by atoms with van der Waals surface area (Å²) in [6.45, 7) is 0.671. The van der Waals surface area contributed by atoms with E-state index in [-0.39, 0.29) is 0 Å². The van der Waals surface area contributed by atoms with Crippen LogP contribution in [-0.4, -0.2) is 22.1 Å². The van der Waals surface area contributed by atoms with Gasteiger partial charge in [-0.25, -0.2) is 4.68 Å². The standard InChI is InChI=1S/C11H12N2OS3/c1-13-11(15)17-10(12-13)16-8-7-14-9-5-3-2-4-6-9/h2-6H,7-8H2,1H3. The lowest BCUT2D eigenvalue weighted by Crippen LogP contribution is -1.99. The van der Waals surface area contributed by atoms with Crippen LogP contribution in [0.15, 0.2) is 34.7 Å². The number of aromatic nitrogens is 2. The average Bonchev–Trinajstić information content (AvgIpc) is 2.66. The third-order valence-corrected chi connectivity index (χ3v) is 4.50. The Bertz CT molecular complexity index is 521. The van der Waals surface area contributed by atoms with E-state index in [1.165, 1.54) is 11.3 Å². The molecule has 0 aliphatic heterocycles. The van der Waals surface area contributed by atoms with Gasteiger partial charge in [-0.2, -0.15) is 5.10 Å². The van der Waals surface area contributed by atoms with E-state index in [2.05, 4.69) is 5.10 Å². The van der Waals surface area contributed by atoms with Gasteiger partial charge in [0, 0.05) is 12.8 Å². The van der Waals surface area contributed by atoms with Gasteiger partial charge >= 0.3 is 0 Å². The van der Waals surface area contributed by atoms with Crippen molar-refractivity contribution in [2.45, 2.75) is 4.34 Å². The van der Waals surface area contributed by atoms with Crippen LogP contribution in [0.5, 0.6) is 5.75 Å². The van der Waals surface area contributed by atoms with Crippen molar-refractivity contribution < 1.29 is 4.74 Å². The van der Waals surface area contributed by atoms with Gasteiger partial charge in [-0.05, 0) is 24.4 Å².